The van der Waals surface area contributed by atoms with Crippen molar-refractivity contribution in [2.45, 2.75) is 39.0 Å². The largest absolute Gasteiger partial charge is 0.508 e. The third kappa shape index (κ3) is 3.96. The fourth-order valence-corrected chi connectivity index (χ4v) is 3.90. The average Bonchev–Trinajstić information content (AvgIpc) is 3.14. The second-order valence-corrected chi connectivity index (χ2v) is 7.50. The first-order valence-electron chi connectivity index (χ1n) is 9.20. The SMILES string of the molecule is COc1c(Oc2c(Cl)cc(NC(=O)C(=O)O)c3c2CCC3)ccc(O)c1C(C)C. The highest BCUT2D eigenvalue weighted by Crippen LogP contribution is 2.47. The lowest BCUT2D eigenvalue weighted by Gasteiger charge is -2.20. The van der Waals surface area contributed by atoms with Gasteiger partial charge < -0.3 is 25.0 Å². The molecule has 0 unspecified atom stereocenters. The van der Waals surface area contributed by atoms with Gasteiger partial charge in [0.05, 0.1) is 12.1 Å². The molecule has 1 aliphatic carbocycles. The van der Waals surface area contributed by atoms with Gasteiger partial charge in [-0.15, -0.1) is 0 Å². The zero-order chi connectivity index (χ0) is 21.3. The van der Waals surface area contributed by atoms with E-state index in [2.05, 4.69) is 5.32 Å². The monoisotopic (exact) mass is 419 g/mol. The lowest BCUT2D eigenvalue weighted by Crippen LogP contribution is -2.22. The third-order valence-corrected chi connectivity index (χ3v) is 5.16. The molecule has 2 aromatic carbocycles. The van der Waals surface area contributed by atoms with E-state index in [4.69, 9.17) is 26.2 Å². The number of fused-ring (bicyclic) bond motifs is 1. The molecule has 0 aromatic heterocycles. The summed E-state index contributed by atoms with van der Waals surface area (Å²) in [5.41, 5.74) is 2.63. The molecule has 0 heterocycles. The number of benzene rings is 2. The number of amides is 1. The molecule has 1 aliphatic rings. The summed E-state index contributed by atoms with van der Waals surface area (Å²) in [7, 11) is 1.50. The maximum absolute atomic E-state index is 11.6. The van der Waals surface area contributed by atoms with Crippen LogP contribution in [0.5, 0.6) is 23.0 Å². The van der Waals surface area contributed by atoms with Gasteiger partial charge in [0.1, 0.15) is 11.5 Å². The number of aromatic hydroxyl groups is 1. The van der Waals surface area contributed by atoms with Crippen molar-refractivity contribution in [2.75, 3.05) is 12.4 Å². The van der Waals surface area contributed by atoms with Crippen molar-refractivity contribution in [1.29, 1.82) is 0 Å². The number of carbonyl (C=O) groups excluding carboxylic acids is 1. The molecule has 154 valence electrons. The van der Waals surface area contributed by atoms with E-state index in [1.165, 1.54) is 13.2 Å². The summed E-state index contributed by atoms with van der Waals surface area (Å²) in [5.74, 6) is -1.30. The van der Waals surface area contributed by atoms with Crippen LogP contribution < -0.4 is 14.8 Å². The molecule has 0 saturated carbocycles. The molecule has 2 aromatic rings. The number of rotatable bonds is 5. The van der Waals surface area contributed by atoms with Gasteiger partial charge in [-0.3, -0.25) is 4.79 Å². The summed E-state index contributed by atoms with van der Waals surface area (Å²) in [6, 6.07) is 4.65. The number of nitrogens with one attached hydrogen (secondary N) is 1. The van der Waals surface area contributed by atoms with E-state index in [9.17, 15) is 14.7 Å². The second-order valence-electron chi connectivity index (χ2n) is 7.09. The smallest absolute Gasteiger partial charge is 0.394 e. The minimum atomic E-state index is -1.57. The fourth-order valence-electron chi connectivity index (χ4n) is 3.64. The molecule has 0 spiro atoms. The Hall–Kier alpha value is -2.93. The van der Waals surface area contributed by atoms with E-state index < -0.39 is 11.9 Å². The van der Waals surface area contributed by atoms with Gasteiger partial charge in [-0.2, -0.15) is 0 Å². The zero-order valence-corrected chi connectivity index (χ0v) is 17.1. The zero-order valence-electron chi connectivity index (χ0n) is 16.3. The highest BCUT2D eigenvalue weighted by molar-refractivity contribution is 6.37. The molecule has 0 radical (unpaired) electrons. The summed E-state index contributed by atoms with van der Waals surface area (Å²) < 4.78 is 11.6. The minimum Gasteiger partial charge on any atom is -0.508 e. The van der Waals surface area contributed by atoms with Crippen LogP contribution in [0.15, 0.2) is 18.2 Å². The minimum absolute atomic E-state index is 0.00305. The lowest BCUT2D eigenvalue weighted by atomic mass is 10.0. The first-order chi connectivity index (χ1) is 13.7. The van der Waals surface area contributed by atoms with Crippen LogP contribution in [0.25, 0.3) is 0 Å². The van der Waals surface area contributed by atoms with Gasteiger partial charge >= 0.3 is 11.9 Å². The molecule has 0 saturated heterocycles. The maximum atomic E-state index is 11.6. The Balaban J connectivity index is 2.06. The third-order valence-electron chi connectivity index (χ3n) is 4.88. The van der Waals surface area contributed by atoms with Crippen molar-refractivity contribution < 1.29 is 29.3 Å². The summed E-state index contributed by atoms with van der Waals surface area (Å²) in [6.07, 6.45) is 2.17. The fraction of sp³-hybridized carbons (Fsp3) is 0.333. The van der Waals surface area contributed by atoms with Crippen molar-refractivity contribution in [3.63, 3.8) is 0 Å². The van der Waals surface area contributed by atoms with Crippen LogP contribution >= 0.6 is 11.6 Å². The Morgan fingerprint density at radius 1 is 1.17 bits per heavy atom. The molecule has 0 aliphatic heterocycles. The summed E-state index contributed by atoms with van der Waals surface area (Å²) in [4.78, 5) is 22.5. The van der Waals surface area contributed by atoms with Gasteiger partial charge in [0.15, 0.2) is 11.5 Å². The standard InChI is InChI=1S/C21H22ClNO6/c1-10(2)17-15(24)7-8-16(19(17)28-3)29-18-12-6-4-5-11(12)14(9-13(18)22)23-20(25)21(26)27/h7-10,24H,4-6H2,1-3H3,(H,23,25)(H,26,27). The first-order valence-corrected chi connectivity index (χ1v) is 9.58. The quantitative estimate of drug-likeness (QED) is 0.617. The highest BCUT2D eigenvalue weighted by atomic mass is 35.5. The van der Waals surface area contributed by atoms with E-state index >= 15 is 0 Å². The molecule has 3 rings (SSSR count). The highest BCUT2D eigenvalue weighted by Gasteiger charge is 2.26. The molecule has 29 heavy (non-hydrogen) atoms. The van der Waals surface area contributed by atoms with Crippen LogP contribution in [-0.4, -0.2) is 29.2 Å². The number of carboxylic acids is 1. The second kappa shape index (κ2) is 8.21. The van der Waals surface area contributed by atoms with E-state index in [1.54, 1.807) is 12.1 Å². The Labute approximate surface area is 173 Å². The Bertz CT molecular complexity index is 986. The summed E-state index contributed by atoms with van der Waals surface area (Å²) in [5, 5.41) is 21.7. The van der Waals surface area contributed by atoms with Crippen LogP contribution in [0.2, 0.25) is 5.02 Å². The maximum Gasteiger partial charge on any atom is 0.394 e. The van der Waals surface area contributed by atoms with Gasteiger partial charge in [0, 0.05) is 16.8 Å². The Morgan fingerprint density at radius 2 is 1.86 bits per heavy atom. The normalized spacial score (nSPS) is 12.6. The van der Waals surface area contributed by atoms with E-state index in [0.29, 0.717) is 41.3 Å². The number of hydrogen-bond acceptors (Lipinski definition) is 5. The summed E-state index contributed by atoms with van der Waals surface area (Å²) >= 11 is 6.44. The molecular formula is C21H22ClNO6. The van der Waals surface area contributed by atoms with Crippen molar-refractivity contribution >= 4 is 29.2 Å². The predicted octanol–water partition coefficient (Wildman–Crippen LogP) is 4.48. The average molecular weight is 420 g/mol. The van der Waals surface area contributed by atoms with Gasteiger partial charge in [-0.1, -0.05) is 25.4 Å². The molecule has 0 atom stereocenters. The molecular weight excluding hydrogens is 398 g/mol. The number of halogens is 1. The Kier molecular flexibility index (Phi) is 5.88. The number of aliphatic carboxylic acids is 1. The molecule has 0 bridgehead atoms. The molecule has 3 N–H and O–H groups in total. The summed E-state index contributed by atoms with van der Waals surface area (Å²) in [6.45, 7) is 3.87. The lowest BCUT2D eigenvalue weighted by molar-refractivity contribution is -0.147. The number of carbonyl (C=O) groups is 2. The van der Waals surface area contributed by atoms with Gasteiger partial charge in [-0.25, -0.2) is 4.79 Å². The van der Waals surface area contributed by atoms with Crippen LogP contribution in [-0.2, 0) is 22.4 Å². The van der Waals surface area contributed by atoms with E-state index in [0.717, 1.165) is 17.5 Å². The Morgan fingerprint density at radius 3 is 2.48 bits per heavy atom. The van der Waals surface area contributed by atoms with Crippen molar-refractivity contribution in [1.82, 2.24) is 0 Å². The molecule has 7 nitrogen and oxygen atoms in total. The van der Waals surface area contributed by atoms with E-state index in [1.807, 2.05) is 13.8 Å². The number of hydrogen-bond donors (Lipinski definition) is 3. The number of methoxy groups -OCH3 is 1. The van der Waals surface area contributed by atoms with Gasteiger partial charge in [0.2, 0.25) is 0 Å². The van der Waals surface area contributed by atoms with E-state index in [-0.39, 0.29) is 16.7 Å². The molecule has 8 heteroatoms. The van der Waals surface area contributed by atoms with Crippen LogP contribution in [0.4, 0.5) is 5.69 Å². The number of ether oxygens (including phenoxy) is 2. The van der Waals surface area contributed by atoms with Crippen molar-refractivity contribution in [2.24, 2.45) is 0 Å². The first kappa shape index (κ1) is 20.8. The number of carboxylic acid groups (broad SMARTS) is 1. The topological polar surface area (TPSA) is 105 Å². The van der Waals surface area contributed by atoms with Crippen LogP contribution in [0.3, 0.4) is 0 Å². The predicted molar refractivity (Wildman–Crippen MR) is 109 cm³/mol. The van der Waals surface area contributed by atoms with Crippen molar-refractivity contribution in [3.8, 4) is 23.0 Å². The van der Waals surface area contributed by atoms with Gasteiger partial charge in [-0.05, 0) is 48.9 Å². The van der Waals surface area contributed by atoms with Gasteiger partial charge in [0.25, 0.3) is 0 Å². The van der Waals surface area contributed by atoms with Crippen molar-refractivity contribution in [3.05, 3.63) is 39.9 Å². The molecule has 1 amide bonds. The number of phenolic OH excluding ortho intramolecular Hbond substituents is 1. The van der Waals surface area contributed by atoms with Crippen LogP contribution in [0.1, 0.15) is 42.9 Å². The number of phenols is 1. The molecule has 0 fully saturated rings. The number of anilines is 1. The van der Waals surface area contributed by atoms with Crippen LogP contribution in [0, 0.1) is 0 Å².